The van der Waals surface area contributed by atoms with E-state index in [1.807, 2.05) is 25.1 Å². The number of rotatable bonds is 5. The molecule has 0 bridgehead atoms. The normalized spacial score (nSPS) is 12.2. The third-order valence-corrected chi connectivity index (χ3v) is 3.78. The minimum atomic E-state index is 0.0323. The summed E-state index contributed by atoms with van der Waals surface area (Å²) in [5.74, 6) is 0.766. The summed E-state index contributed by atoms with van der Waals surface area (Å²) in [7, 11) is 0. The summed E-state index contributed by atoms with van der Waals surface area (Å²) in [4.78, 5) is 0. The Morgan fingerprint density at radius 1 is 1.00 bits per heavy atom. The van der Waals surface area contributed by atoms with Crippen LogP contribution in [0, 0.1) is 0 Å². The van der Waals surface area contributed by atoms with Crippen LogP contribution in [-0.4, -0.2) is 6.04 Å². The van der Waals surface area contributed by atoms with Gasteiger partial charge in [0.2, 0.25) is 0 Å². The summed E-state index contributed by atoms with van der Waals surface area (Å²) >= 11 is 18.0. The molecule has 0 fully saturated rings. The van der Waals surface area contributed by atoms with Gasteiger partial charge in [-0.15, -0.1) is 0 Å². The van der Waals surface area contributed by atoms with Crippen molar-refractivity contribution >= 4 is 34.8 Å². The quantitative estimate of drug-likeness (QED) is 0.817. The van der Waals surface area contributed by atoms with Gasteiger partial charge in [0, 0.05) is 26.7 Å². The Morgan fingerprint density at radius 2 is 1.67 bits per heavy atom. The van der Waals surface area contributed by atoms with Gasteiger partial charge < -0.3 is 10.5 Å². The van der Waals surface area contributed by atoms with E-state index in [4.69, 9.17) is 45.3 Å². The van der Waals surface area contributed by atoms with Crippen LogP contribution in [0.2, 0.25) is 15.1 Å². The number of benzene rings is 2. The Labute approximate surface area is 139 Å². The van der Waals surface area contributed by atoms with Crippen LogP contribution in [0.3, 0.4) is 0 Å². The molecule has 1 atom stereocenters. The SMILES string of the molecule is CC(N)Cc1cc(Cl)ccc1OCc1ccc(Cl)cc1Cl. The second kappa shape index (κ2) is 7.37. The summed E-state index contributed by atoms with van der Waals surface area (Å²) in [6, 6.07) is 10.9. The van der Waals surface area contributed by atoms with E-state index in [0.717, 1.165) is 16.9 Å². The molecule has 0 saturated carbocycles. The molecule has 2 aromatic carbocycles. The van der Waals surface area contributed by atoms with Gasteiger partial charge in [0.15, 0.2) is 0 Å². The molecule has 0 aliphatic carbocycles. The Kier molecular flexibility index (Phi) is 5.77. The fourth-order valence-corrected chi connectivity index (χ4v) is 2.65. The zero-order chi connectivity index (χ0) is 15.4. The maximum atomic E-state index is 6.14. The van der Waals surface area contributed by atoms with Crippen molar-refractivity contribution in [3.05, 3.63) is 62.6 Å². The predicted molar refractivity (Wildman–Crippen MR) is 89.6 cm³/mol. The number of nitrogens with two attached hydrogens (primary N) is 1. The molecule has 0 aromatic heterocycles. The molecule has 0 amide bonds. The number of ether oxygens (including phenoxy) is 1. The molecular weight excluding hydrogens is 329 g/mol. The van der Waals surface area contributed by atoms with Crippen LogP contribution in [0.25, 0.3) is 0 Å². The summed E-state index contributed by atoms with van der Waals surface area (Å²) < 4.78 is 5.86. The number of halogens is 3. The van der Waals surface area contributed by atoms with Gasteiger partial charge in [-0.3, -0.25) is 0 Å². The van der Waals surface area contributed by atoms with Crippen LogP contribution in [0.4, 0.5) is 0 Å². The van der Waals surface area contributed by atoms with Gasteiger partial charge in [0.25, 0.3) is 0 Å². The molecule has 2 rings (SSSR count). The molecule has 2 aromatic rings. The molecule has 2 nitrogen and oxygen atoms in total. The summed E-state index contributed by atoms with van der Waals surface area (Å²) in [5, 5.41) is 1.86. The first-order chi connectivity index (χ1) is 9.95. The summed E-state index contributed by atoms with van der Waals surface area (Å²) in [5.41, 5.74) is 7.72. The van der Waals surface area contributed by atoms with Crippen molar-refractivity contribution in [1.29, 1.82) is 0 Å². The zero-order valence-electron chi connectivity index (χ0n) is 11.6. The predicted octanol–water partition coefficient (Wildman–Crippen LogP) is 5.12. The maximum Gasteiger partial charge on any atom is 0.123 e. The molecule has 0 spiro atoms. The van der Waals surface area contributed by atoms with E-state index in [9.17, 15) is 0 Å². The molecule has 2 N–H and O–H groups in total. The van der Waals surface area contributed by atoms with Crippen LogP contribution in [0.15, 0.2) is 36.4 Å². The van der Waals surface area contributed by atoms with E-state index >= 15 is 0 Å². The maximum absolute atomic E-state index is 6.14. The smallest absolute Gasteiger partial charge is 0.123 e. The fraction of sp³-hybridized carbons (Fsp3) is 0.250. The van der Waals surface area contributed by atoms with Crippen molar-refractivity contribution in [3.63, 3.8) is 0 Å². The first-order valence-corrected chi connectivity index (χ1v) is 7.70. The molecular formula is C16H16Cl3NO. The highest BCUT2D eigenvalue weighted by Gasteiger charge is 2.09. The van der Waals surface area contributed by atoms with Crippen LogP contribution < -0.4 is 10.5 Å². The Balaban J connectivity index is 2.15. The van der Waals surface area contributed by atoms with Crippen molar-refractivity contribution in [2.45, 2.75) is 26.0 Å². The van der Waals surface area contributed by atoms with Gasteiger partial charge in [0.1, 0.15) is 12.4 Å². The van der Waals surface area contributed by atoms with Crippen LogP contribution in [0.5, 0.6) is 5.75 Å². The Morgan fingerprint density at radius 3 is 2.33 bits per heavy atom. The molecule has 0 heterocycles. The highest BCUT2D eigenvalue weighted by Crippen LogP contribution is 2.27. The number of hydrogen-bond donors (Lipinski definition) is 1. The van der Waals surface area contributed by atoms with E-state index in [0.29, 0.717) is 28.1 Å². The largest absolute Gasteiger partial charge is 0.489 e. The first kappa shape index (κ1) is 16.4. The average Bonchev–Trinajstić information content (AvgIpc) is 2.39. The molecule has 0 aliphatic heterocycles. The topological polar surface area (TPSA) is 35.2 Å². The third-order valence-electron chi connectivity index (χ3n) is 2.96. The molecule has 0 saturated heterocycles. The van der Waals surface area contributed by atoms with E-state index < -0.39 is 0 Å². The van der Waals surface area contributed by atoms with Crippen LogP contribution in [0.1, 0.15) is 18.1 Å². The van der Waals surface area contributed by atoms with Crippen molar-refractivity contribution in [2.24, 2.45) is 5.73 Å². The second-order valence-corrected chi connectivity index (χ2v) is 6.24. The number of hydrogen-bond acceptors (Lipinski definition) is 2. The molecule has 112 valence electrons. The molecule has 0 aliphatic rings. The lowest BCUT2D eigenvalue weighted by Crippen LogP contribution is -2.18. The highest BCUT2D eigenvalue weighted by molar-refractivity contribution is 6.35. The molecule has 0 radical (unpaired) electrons. The first-order valence-electron chi connectivity index (χ1n) is 6.56. The van der Waals surface area contributed by atoms with E-state index in [1.165, 1.54) is 0 Å². The lowest BCUT2D eigenvalue weighted by atomic mass is 10.1. The minimum absolute atomic E-state index is 0.0323. The summed E-state index contributed by atoms with van der Waals surface area (Å²) in [6.07, 6.45) is 0.699. The van der Waals surface area contributed by atoms with Crippen molar-refractivity contribution in [1.82, 2.24) is 0 Å². The lowest BCUT2D eigenvalue weighted by Gasteiger charge is -2.14. The Bertz CT molecular complexity index is 629. The fourth-order valence-electron chi connectivity index (χ4n) is 1.99. The molecule has 21 heavy (non-hydrogen) atoms. The highest BCUT2D eigenvalue weighted by atomic mass is 35.5. The minimum Gasteiger partial charge on any atom is -0.489 e. The third kappa shape index (κ3) is 4.79. The molecule has 1 unspecified atom stereocenters. The Hall–Kier alpha value is -0.930. The van der Waals surface area contributed by atoms with Gasteiger partial charge in [-0.1, -0.05) is 40.9 Å². The standard InChI is InChI=1S/C16H16Cl3NO/c1-10(20)6-12-7-13(17)4-5-16(12)21-9-11-2-3-14(18)8-15(11)19/h2-5,7-8,10H,6,9,20H2,1H3. The van der Waals surface area contributed by atoms with Gasteiger partial charge in [-0.2, -0.15) is 0 Å². The van der Waals surface area contributed by atoms with Crippen LogP contribution in [-0.2, 0) is 13.0 Å². The van der Waals surface area contributed by atoms with Gasteiger partial charge in [-0.25, -0.2) is 0 Å². The molecule has 5 heteroatoms. The second-order valence-electron chi connectivity index (χ2n) is 4.96. The van der Waals surface area contributed by atoms with Gasteiger partial charge in [0.05, 0.1) is 0 Å². The summed E-state index contributed by atoms with van der Waals surface area (Å²) in [6.45, 7) is 2.31. The van der Waals surface area contributed by atoms with Crippen molar-refractivity contribution < 1.29 is 4.74 Å². The van der Waals surface area contributed by atoms with Crippen molar-refractivity contribution in [3.8, 4) is 5.75 Å². The van der Waals surface area contributed by atoms with E-state index in [1.54, 1.807) is 18.2 Å². The monoisotopic (exact) mass is 343 g/mol. The average molecular weight is 345 g/mol. The van der Waals surface area contributed by atoms with E-state index in [-0.39, 0.29) is 6.04 Å². The van der Waals surface area contributed by atoms with Crippen LogP contribution >= 0.6 is 34.8 Å². The zero-order valence-corrected chi connectivity index (χ0v) is 13.8. The van der Waals surface area contributed by atoms with Gasteiger partial charge in [-0.05, 0) is 49.2 Å². The van der Waals surface area contributed by atoms with E-state index in [2.05, 4.69) is 0 Å². The van der Waals surface area contributed by atoms with Gasteiger partial charge >= 0.3 is 0 Å². The van der Waals surface area contributed by atoms with Crippen molar-refractivity contribution in [2.75, 3.05) is 0 Å². The lowest BCUT2D eigenvalue weighted by molar-refractivity contribution is 0.302.